The Labute approximate surface area is 91.8 Å². The van der Waals surface area contributed by atoms with Gasteiger partial charge in [0.15, 0.2) is 17.2 Å². The quantitative estimate of drug-likeness (QED) is 0.365. The molecule has 0 radical (unpaired) electrons. The second-order valence-electron chi connectivity index (χ2n) is 3.20. The Hall–Kier alpha value is -1.95. The van der Waals surface area contributed by atoms with Gasteiger partial charge in [0.05, 0.1) is 0 Å². The Bertz CT molecular complexity index is 368. The highest BCUT2D eigenvalue weighted by Crippen LogP contribution is 2.35. The van der Waals surface area contributed by atoms with Gasteiger partial charge in [-0.25, -0.2) is 0 Å². The molecule has 0 saturated heterocycles. The largest absolute Gasteiger partial charge is 0.504 e. The Kier molecular flexibility index (Phi) is 3.96. The second kappa shape index (κ2) is 5.22. The molecule has 0 saturated carbocycles. The fourth-order valence-corrected chi connectivity index (χ4v) is 1.12. The number of aliphatic hydroxyl groups excluding tert-OH is 1. The number of hydrogen-bond acceptors (Lipinski definition) is 5. The normalized spacial score (nSPS) is 10.1. The number of amides is 1. The minimum Gasteiger partial charge on any atom is -0.504 e. The van der Waals surface area contributed by atoms with Crippen LogP contribution in [-0.4, -0.2) is 39.5 Å². The first-order valence-electron chi connectivity index (χ1n) is 4.70. The summed E-state index contributed by atoms with van der Waals surface area (Å²) in [4.78, 5) is 11.4. The summed E-state index contributed by atoms with van der Waals surface area (Å²) in [5.74, 6) is -2.29. The molecule has 88 valence electrons. The van der Waals surface area contributed by atoms with Gasteiger partial charge in [-0.3, -0.25) is 4.79 Å². The van der Waals surface area contributed by atoms with Gasteiger partial charge in [-0.15, -0.1) is 0 Å². The highest BCUT2D eigenvalue weighted by molar-refractivity contribution is 5.95. The maximum absolute atomic E-state index is 11.4. The zero-order valence-corrected chi connectivity index (χ0v) is 8.47. The average Bonchev–Trinajstić information content (AvgIpc) is 2.25. The summed E-state index contributed by atoms with van der Waals surface area (Å²) in [6.07, 6.45) is 0.418. The van der Waals surface area contributed by atoms with E-state index >= 15 is 0 Å². The molecule has 0 bridgehead atoms. The number of nitrogens with one attached hydrogen (secondary N) is 1. The van der Waals surface area contributed by atoms with Crippen LogP contribution in [-0.2, 0) is 0 Å². The molecule has 0 spiro atoms. The molecule has 1 amide bonds. The highest BCUT2D eigenvalue weighted by Gasteiger charge is 2.12. The van der Waals surface area contributed by atoms with Gasteiger partial charge in [-0.1, -0.05) is 0 Å². The van der Waals surface area contributed by atoms with E-state index < -0.39 is 23.2 Å². The van der Waals surface area contributed by atoms with E-state index in [0.29, 0.717) is 6.42 Å². The fourth-order valence-electron chi connectivity index (χ4n) is 1.12. The molecule has 0 aliphatic carbocycles. The van der Waals surface area contributed by atoms with Crippen molar-refractivity contribution in [2.75, 3.05) is 13.2 Å². The standard InChI is InChI=1S/C10H13NO5/c12-3-1-2-11-10(16)6-4-7(13)9(15)8(14)5-6/h4-5,12-15H,1-3H2,(H,11,16). The van der Waals surface area contributed by atoms with E-state index in [0.717, 1.165) is 12.1 Å². The minimum absolute atomic E-state index is 0.0331. The first-order chi connectivity index (χ1) is 7.56. The molecule has 1 aromatic carbocycles. The van der Waals surface area contributed by atoms with E-state index in [9.17, 15) is 15.0 Å². The molecular weight excluding hydrogens is 214 g/mol. The van der Waals surface area contributed by atoms with Gasteiger partial charge in [0.2, 0.25) is 0 Å². The molecule has 1 aromatic rings. The molecule has 0 atom stereocenters. The van der Waals surface area contributed by atoms with Crippen LogP contribution in [0.4, 0.5) is 0 Å². The molecule has 0 unspecified atom stereocenters. The lowest BCUT2D eigenvalue weighted by Crippen LogP contribution is -2.24. The molecule has 6 nitrogen and oxygen atoms in total. The van der Waals surface area contributed by atoms with Crippen molar-refractivity contribution in [1.82, 2.24) is 5.32 Å². The van der Waals surface area contributed by atoms with E-state index in [2.05, 4.69) is 5.32 Å². The van der Waals surface area contributed by atoms with Gasteiger partial charge in [0, 0.05) is 18.7 Å². The van der Waals surface area contributed by atoms with Gasteiger partial charge in [0.1, 0.15) is 0 Å². The van der Waals surface area contributed by atoms with Gasteiger partial charge in [0.25, 0.3) is 5.91 Å². The lowest BCUT2D eigenvalue weighted by molar-refractivity contribution is 0.0950. The Morgan fingerprint density at radius 2 is 1.75 bits per heavy atom. The van der Waals surface area contributed by atoms with Gasteiger partial charge in [-0.05, 0) is 18.6 Å². The summed E-state index contributed by atoms with van der Waals surface area (Å²) in [5.41, 5.74) is 0.0331. The fraction of sp³-hybridized carbons (Fsp3) is 0.300. The maximum atomic E-state index is 11.4. The number of benzene rings is 1. The Morgan fingerprint density at radius 3 is 2.25 bits per heavy atom. The molecular formula is C10H13NO5. The van der Waals surface area contributed by atoms with Crippen LogP contribution in [0, 0.1) is 0 Å². The summed E-state index contributed by atoms with van der Waals surface area (Å²) in [5, 5.41) is 38.4. The van der Waals surface area contributed by atoms with E-state index in [-0.39, 0.29) is 18.7 Å². The lowest BCUT2D eigenvalue weighted by Gasteiger charge is -2.06. The van der Waals surface area contributed by atoms with Crippen molar-refractivity contribution in [3.8, 4) is 17.2 Å². The Balaban J connectivity index is 2.76. The molecule has 1 rings (SSSR count). The van der Waals surface area contributed by atoms with Crippen molar-refractivity contribution < 1.29 is 25.2 Å². The summed E-state index contributed by atoms with van der Waals surface area (Å²) >= 11 is 0. The molecule has 0 heterocycles. The molecule has 0 fully saturated rings. The minimum atomic E-state index is -0.660. The topological polar surface area (TPSA) is 110 Å². The van der Waals surface area contributed by atoms with Gasteiger partial charge in [-0.2, -0.15) is 0 Å². The van der Waals surface area contributed by atoms with Crippen LogP contribution in [0.5, 0.6) is 17.2 Å². The number of aromatic hydroxyl groups is 3. The number of carbonyl (C=O) groups is 1. The van der Waals surface area contributed by atoms with Crippen molar-refractivity contribution in [1.29, 1.82) is 0 Å². The predicted molar refractivity (Wildman–Crippen MR) is 55.5 cm³/mol. The second-order valence-corrected chi connectivity index (χ2v) is 3.20. The monoisotopic (exact) mass is 227 g/mol. The zero-order chi connectivity index (χ0) is 12.1. The number of rotatable bonds is 4. The summed E-state index contributed by atoms with van der Waals surface area (Å²) in [6, 6.07) is 2.09. The number of hydrogen-bond donors (Lipinski definition) is 5. The van der Waals surface area contributed by atoms with E-state index in [1.165, 1.54) is 0 Å². The highest BCUT2D eigenvalue weighted by atomic mass is 16.3. The number of phenols is 3. The van der Waals surface area contributed by atoms with Gasteiger partial charge < -0.3 is 25.7 Å². The number of phenolic OH excluding ortho intramolecular Hbond substituents is 3. The number of aliphatic hydroxyl groups is 1. The van der Waals surface area contributed by atoms with Crippen molar-refractivity contribution in [3.05, 3.63) is 17.7 Å². The third kappa shape index (κ3) is 2.77. The van der Waals surface area contributed by atoms with Crippen LogP contribution in [0.2, 0.25) is 0 Å². The Morgan fingerprint density at radius 1 is 1.19 bits per heavy atom. The summed E-state index contributed by atoms with van der Waals surface area (Å²) < 4.78 is 0. The smallest absolute Gasteiger partial charge is 0.251 e. The SMILES string of the molecule is O=C(NCCCO)c1cc(O)c(O)c(O)c1. The lowest BCUT2D eigenvalue weighted by atomic mass is 10.1. The van der Waals surface area contributed by atoms with Gasteiger partial charge >= 0.3 is 0 Å². The molecule has 0 aromatic heterocycles. The van der Waals surface area contributed by atoms with Crippen molar-refractivity contribution in [2.45, 2.75) is 6.42 Å². The average molecular weight is 227 g/mol. The van der Waals surface area contributed by atoms with Crippen LogP contribution in [0.1, 0.15) is 16.8 Å². The first kappa shape index (κ1) is 12.1. The van der Waals surface area contributed by atoms with Crippen LogP contribution in [0.25, 0.3) is 0 Å². The molecule has 16 heavy (non-hydrogen) atoms. The van der Waals surface area contributed by atoms with Crippen LogP contribution >= 0.6 is 0 Å². The third-order valence-electron chi connectivity index (χ3n) is 1.95. The van der Waals surface area contributed by atoms with Crippen LogP contribution in [0.3, 0.4) is 0 Å². The van der Waals surface area contributed by atoms with Crippen molar-refractivity contribution in [2.24, 2.45) is 0 Å². The van der Waals surface area contributed by atoms with E-state index in [4.69, 9.17) is 10.2 Å². The van der Waals surface area contributed by atoms with Crippen LogP contribution in [0.15, 0.2) is 12.1 Å². The maximum Gasteiger partial charge on any atom is 0.251 e. The van der Waals surface area contributed by atoms with Crippen molar-refractivity contribution >= 4 is 5.91 Å². The predicted octanol–water partition coefficient (Wildman–Crippen LogP) is -0.0844. The third-order valence-corrected chi connectivity index (χ3v) is 1.95. The zero-order valence-electron chi connectivity index (χ0n) is 8.47. The molecule has 5 N–H and O–H groups in total. The first-order valence-corrected chi connectivity index (χ1v) is 4.70. The summed E-state index contributed by atoms with van der Waals surface area (Å²) in [7, 11) is 0. The summed E-state index contributed by atoms with van der Waals surface area (Å²) in [6.45, 7) is 0.254. The van der Waals surface area contributed by atoms with Crippen LogP contribution < -0.4 is 5.32 Å². The number of carbonyl (C=O) groups excluding carboxylic acids is 1. The van der Waals surface area contributed by atoms with E-state index in [1.54, 1.807) is 0 Å². The van der Waals surface area contributed by atoms with E-state index in [1.807, 2.05) is 0 Å². The molecule has 0 aliphatic heterocycles. The van der Waals surface area contributed by atoms with Crippen molar-refractivity contribution in [3.63, 3.8) is 0 Å². The molecule has 6 heteroatoms. The molecule has 0 aliphatic rings.